The Kier molecular flexibility index (Phi) is 5.38. The summed E-state index contributed by atoms with van der Waals surface area (Å²) in [6, 6.07) is 11.9. The van der Waals surface area contributed by atoms with Gasteiger partial charge in [-0.2, -0.15) is 0 Å². The third kappa shape index (κ3) is 3.90. The van der Waals surface area contributed by atoms with E-state index in [1.165, 1.54) is 64.2 Å². The van der Waals surface area contributed by atoms with Crippen molar-refractivity contribution in [3.05, 3.63) is 35.9 Å². The van der Waals surface area contributed by atoms with E-state index < -0.39 is 0 Å². The Morgan fingerprint density at radius 3 is 2.00 bits per heavy atom. The third-order valence-corrected chi connectivity index (χ3v) is 6.24. The Morgan fingerprint density at radius 1 is 0.857 bits per heavy atom. The first-order valence-corrected chi connectivity index (χ1v) is 9.32. The van der Waals surface area contributed by atoms with Crippen molar-refractivity contribution in [3.63, 3.8) is 0 Å². The van der Waals surface area contributed by atoms with Gasteiger partial charge in [0.25, 0.3) is 0 Å². The highest BCUT2D eigenvalue weighted by Gasteiger charge is 2.30. The molecule has 0 atom stereocenters. The van der Waals surface area contributed by atoms with E-state index in [2.05, 4.69) is 37.3 Å². The first kappa shape index (κ1) is 15.1. The maximum atomic E-state index is 3.15. The molecule has 3 rings (SSSR count). The van der Waals surface area contributed by atoms with Crippen molar-refractivity contribution >= 4 is 0 Å². The van der Waals surface area contributed by atoms with E-state index >= 15 is 0 Å². The lowest BCUT2D eigenvalue weighted by Crippen LogP contribution is -2.25. The van der Waals surface area contributed by atoms with Gasteiger partial charge in [0, 0.05) is 0 Å². The monoisotopic (exact) mass is 283 g/mol. The first-order valence-electron chi connectivity index (χ1n) is 9.32. The fourth-order valence-corrected chi connectivity index (χ4v) is 4.95. The molecule has 0 saturated heterocycles. The topological polar surface area (TPSA) is 0 Å². The zero-order valence-corrected chi connectivity index (χ0v) is 13.7. The molecule has 0 bridgehead atoms. The van der Waals surface area contributed by atoms with Crippen LogP contribution >= 0.6 is 0 Å². The van der Waals surface area contributed by atoms with Gasteiger partial charge in [-0.15, -0.1) is 0 Å². The van der Waals surface area contributed by atoms with E-state index in [-0.39, 0.29) is 0 Å². The molecule has 0 heteroatoms. The van der Waals surface area contributed by atoms with Gasteiger partial charge >= 0.3 is 0 Å². The Bertz CT molecular complexity index is 391. The van der Waals surface area contributed by atoms with Crippen molar-refractivity contribution in [2.75, 3.05) is 0 Å². The minimum atomic E-state index is 0.826. The van der Waals surface area contributed by atoms with Crippen molar-refractivity contribution < 1.29 is 0 Å². The average Bonchev–Trinajstić information content (AvgIpc) is 2.57. The van der Waals surface area contributed by atoms with E-state index in [4.69, 9.17) is 0 Å². The lowest BCUT2D eigenvalue weighted by molar-refractivity contribution is 0.156. The molecule has 0 aliphatic heterocycles. The minimum Gasteiger partial charge on any atom is -0.0654 e. The Balaban J connectivity index is 1.46. The highest BCUT2D eigenvalue weighted by Crippen LogP contribution is 2.44. The van der Waals surface area contributed by atoms with Gasteiger partial charge in [0.15, 0.2) is 0 Å². The van der Waals surface area contributed by atoms with E-state index in [9.17, 15) is 0 Å². The molecule has 0 nitrogen and oxygen atoms in total. The molecule has 0 heterocycles. The van der Waals surface area contributed by atoms with Crippen LogP contribution in [0.15, 0.2) is 24.3 Å². The molecule has 0 N–H and O–H groups in total. The van der Waals surface area contributed by atoms with E-state index in [1.54, 1.807) is 5.56 Å². The quantitative estimate of drug-likeness (QED) is 0.602. The minimum absolute atomic E-state index is 0.826. The van der Waals surface area contributed by atoms with Crippen LogP contribution in [0.1, 0.15) is 82.6 Å². The Morgan fingerprint density at radius 2 is 1.43 bits per heavy atom. The summed E-state index contributed by atoms with van der Waals surface area (Å²) in [6.45, 7) is 2.34. The molecule has 2 fully saturated rings. The average molecular weight is 283 g/mol. The van der Waals surface area contributed by atoms with Crippen molar-refractivity contribution in [1.82, 2.24) is 0 Å². The van der Waals surface area contributed by atoms with Gasteiger partial charge in [-0.25, -0.2) is 0 Å². The van der Waals surface area contributed by atoms with Crippen LogP contribution in [-0.4, -0.2) is 0 Å². The van der Waals surface area contributed by atoms with Crippen LogP contribution in [0.4, 0.5) is 0 Å². The summed E-state index contributed by atoms with van der Waals surface area (Å²) in [4.78, 5) is 0. The molecule has 1 radical (unpaired) electrons. The second-order valence-corrected chi connectivity index (χ2v) is 7.51. The van der Waals surface area contributed by atoms with Gasteiger partial charge in [0.2, 0.25) is 0 Å². The summed E-state index contributed by atoms with van der Waals surface area (Å²) < 4.78 is 0. The van der Waals surface area contributed by atoms with Crippen LogP contribution in [0.2, 0.25) is 0 Å². The van der Waals surface area contributed by atoms with Crippen LogP contribution in [0, 0.1) is 23.8 Å². The number of benzene rings is 1. The largest absolute Gasteiger partial charge is 0.0654 e. The van der Waals surface area contributed by atoms with Gasteiger partial charge in [0.1, 0.15) is 0 Å². The molecule has 2 aliphatic carbocycles. The van der Waals surface area contributed by atoms with Gasteiger partial charge in [-0.05, 0) is 73.8 Å². The van der Waals surface area contributed by atoms with Gasteiger partial charge in [-0.1, -0.05) is 56.9 Å². The number of hydrogen-bond donors (Lipinski definition) is 0. The standard InChI is InChI=1S/C21H31/c1-2-6-17-9-11-19(12-10-17)21-15-13-20(14-16-21)18-7-4-3-5-8-18/h4-5,7-8,17,19-21H,2,6,9-16H2,1H3. The van der Waals surface area contributed by atoms with Crippen molar-refractivity contribution in [1.29, 1.82) is 0 Å². The summed E-state index contributed by atoms with van der Waals surface area (Å²) in [7, 11) is 0. The molecule has 21 heavy (non-hydrogen) atoms. The predicted molar refractivity (Wildman–Crippen MR) is 90.3 cm³/mol. The summed E-state index contributed by atoms with van der Waals surface area (Å²) in [6.07, 6.45) is 14.8. The molecule has 0 amide bonds. The smallest absolute Gasteiger partial charge is 0.0162 e. The molecule has 2 aliphatic rings. The van der Waals surface area contributed by atoms with E-state index in [0.717, 1.165) is 23.7 Å². The van der Waals surface area contributed by atoms with Crippen LogP contribution in [0.3, 0.4) is 0 Å². The molecule has 0 aromatic heterocycles. The molecule has 1 aromatic rings. The fraction of sp³-hybridized carbons (Fsp3) is 0.714. The lowest BCUT2D eigenvalue weighted by atomic mass is 9.68. The number of rotatable bonds is 4. The molecule has 2 saturated carbocycles. The molecule has 1 aromatic carbocycles. The SMILES string of the molecule is CCCC1CCC(C2CCC(c3cc[c]cc3)CC2)CC1. The zero-order valence-electron chi connectivity index (χ0n) is 13.7. The normalized spacial score (nSPS) is 33.8. The number of hydrogen-bond acceptors (Lipinski definition) is 0. The van der Waals surface area contributed by atoms with Crippen LogP contribution in [-0.2, 0) is 0 Å². The van der Waals surface area contributed by atoms with Crippen molar-refractivity contribution in [3.8, 4) is 0 Å². The van der Waals surface area contributed by atoms with Crippen LogP contribution in [0.25, 0.3) is 0 Å². The van der Waals surface area contributed by atoms with Gasteiger partial charge in [-0.3, -0.25) is 0 Å². The van der Waals surface area contributed by atoms with E-state index in [1.807, 2.05) is 0 Å². The summed E-state index contributed by atoms with van der Waals surface area (Å²) in [5.41, 5.74) is 1.55. The fourth-order valence-electron chi connectivity index (χ4n) is 4.95. The zero-order chi connectivity index (χ0) is 14.5. The summed E-state index contributed by atoms with van der Waals surface area (Å²) in [5.74, 6) is 3.98. The van der Waals surface area contributed by atoms with Gasteiger partial charge in [0.05, 0.1) is 0 Å². The molecule has 0 spiro atoms. The molecular formula is C21H31. The van der Waals surface area contributed by atoms with Gasteiger partial charge < -0.3 is 0 Å². The highest BCUT2D eigenvalue weighted by atomic mass is 14.4. The molecule has 0 unspecified atom stereocenters. The predicted octanol–water partition coefficient (Wildman–Crippen LogP) is 6.37. The van der Waals surface area contributed by atoms with Crippen molar-refractivity contribution in [2.24, 2.45) is 17.8 Å². The third-order valence-electron chi connectivity index (χ3n) is 6.24. The molecule has 115 valence electrons. The summed E-state index contributed by atoms with van der Waals surface area (Å²) in [5, 5.41) is 0. The Hall–Kier alpha value is -0.780. The van der Waals surface area contributed by atoms with Crippen molar-refractivity contribution in [2.45, 2.75) is 77.0 Å². The van der Waals surface area contributed by atoms with Crippen LogP contribution < -0.4 is 0 Å². The maximum Gasteiger partial charge on any atom is -0.0162 e. The second kappa shape index (κ2) is 7.47. The Labute approximate surface area is 131 Å². The summed E-state index contributed by atoms with van der Waals surface area (Å²) >= 11 is 0. The highest BCUT2D eigenvalue weighted by molar-refractivity contribution is 5.19. The molecular weight excluding hydrogens is 252 g/mol. The first-order chi connectivity index (χ1) is 10.4. The van der Waals surface area contributed by atoms with Crippen LogP contribution in [0.5, 0.6) is 0 Å². The second-order valence-electron chi connectivity index (χ2n) is 7.51. The van der Waals surface area contributed by atoms with E-state index in [0.29, 0.717) is 0 Å². The lowest BCUT2D eigenvalue weighted by Gasteiger charge is -2.38. The maximum absolute atomic E-state index is 3.15.